The summed E-state index contributed by atoms with van der Waals surface area (Å²) >= 11 is 0. The van der Waals surface area contributed by atoms with E-state index in [4.69, 9.17) is 19.9 Å². The third-order valence-electron chi connectivity index (χ3n) is 2.61. The monoisotopic (exact) mass is 269 g/mol. The maximum Gasteiger partial charge on any atom is 0.325 e. The summed E-state index contributed by atoms with van der Waals surface area (Å²) < 4.78 is 14.9. The molecule has 2 atom stereocenters. The highest BCUT2D eigenvalue weighted by atomic mass is 16.5. The molecule has 0 fully saturated rings. The SMILES string of the molecule is CCOC(=O)C(N)C(O)c1cc(OC)cc(OC)c1. The molecule has 0 bridgehead atoms. The van der Waals surface area contributed by atoms with E-state index >= 15 is 0 Å². The molecule has 1 rings (SSSR count). The number of carbonyl (C=O) groups is 1. The Morgan fingerprint density at radius 2 is 1.79 bits per heavy atom. The number of nitrogens with two attached hydrogens (primary N) is 1. The molecule has 2 unspecified atom stereocenters. The van der Waals surface area contributed by atoms with E-state index < -0.39 is 18.1 Å². The van der Waals surface area contributed by atoms with Crippen LogP contribution in [-0.2, 0) is 9.53 Å². The van der Waals surface area contributed by atoms with Crippen molar-refractivity contribution in [2.75, 3.05) is 20.8 Å². The topological polar surface area (TPSA) is 91.0 Å². The van der Waals surface area contributed by atoms with Gasteiger partial charge in [0.1, 0.15) is 23.6 Å². The predicted molar refractivity (Wildman–Crippen MR) is 69.1 cm³/mol. The molecule has 0 radical (unpaired) electrons. The van der Waals surface area contributed by atoms with E-state index in [-0.39, 0.29) is 6.61 Å². The molecule has 3 N–H and O–H groups in total. The number of hydrogen-bond acceptors (Lipinski definition) is 6. The van der Waals surface area contributed by atoms with E-state index in [0.29, 0.717) is 17.1 Å². The van der Waals surface area contributed by atoms with Crippen molar-refractivity contribution in [2.24, 2.45) is 5.73 Å². The first-order valence-corrected chi connectivity index (χ1v) is 5.86. The maximum absolute atomic E-state index is 11.5. The van der Waals surface area contributed by atoms with Crippen molar-refractivity contribution in [3.05, 3.63) is 23.8 Å². The molecule has 0 saturated heterocycles. The third-order valence-corrected chi connectivity index (χ3v) is 2.61. The van der Waals surface area contributed by atoms with Crippen molar-refractivity contribution in [3.63, 3.8) is 0 Å². The molecule has 106 valence electrons. The van der Waals surface area contributed by atoms with Crippen LogP contribution in [0, 0.1) is 0 Å². The molecule has 1 aromatic rings. The summed E-state index contributed by atoms with van der Waals surface area (Å²) in [6.07, 6.45) is -1.19. The minimum absolute atomic E-state index is 0.209. The van der Waals surface area contributed by atoms with Crippen LogP contribution in [0.1, 0.15) is 18.6 Å². The van der Waals surface area contributed by atoms with Gasteiger partial charge in [-0.25, -0.2) is 0 Å². The van der Waals surface area contributed by atoms with E-state index in [1.165, 1.54) is 14.2 Å². The summed E-state index contributed by atoms with van der Waals surface area (Å²) in [7, 11) is 2.99. The van der Waals surface area contributed by atoms with E-state index in [2.05, 4.69) is 0 Å². The van der Waals surface area contributed by atoms with Crippen LogP contribution >= 0.6 is 0 Å². The lowest BCUT2D eigenvalue weighted by atomic mass is 10.0. The normalized spacial score (nSPS) is 13.5. The zero-order valence-corrected chi connectivity index (χ0v) is 11.3. The summed E-state index contributed by atoms with van der Waals surface area (Å²) in [6.45, 7) is 1.88. The number of aliphatic hydroxyl groups excluding tert-OH is 1. The van der Waals surface area contributed by atoms with Crippen LogP contribution in [0.5, 0.6) is 11.5 Å². The Morgan fingerprint density at radius 1 is 1.26 bits per heavy atom. The Balaban J connectivity index is 2.97. The fourth-order valence-electron chi connectivity index (χ4n) is 1.57. The van der Waals surface area contributed by atoms with Gasteiger partial charge in [-0.15, -0.1) is 0 Å². The van der Waals surface area contributed by atoms with Crippen LogP contribution < -0.4 is 15.2 Å². The van der Waals surface area contributed by atoms with Gasteiger partial charge in [-0.2, -0.15) is 0 Å². The van der Waals surface area contributed by atoms with Crippen LogP contribution in [0.25, 0.3) is 0 Å². The standard InChI is InChI=1S/C13H19NO5/c1-4-19-13(16)11(14)12(15)8-5-9(17-2)7-10(6-8)18-3/h5-7,11-12,15H,4,14H2,1-3H3. The van der Waals surface area contributed by atoms with Gasteiger partial charge in [-0.1, -0.05) is 0 Å². The fourth-order valence-corrected chi connectivity index (χ4v) is 1.57. The van der Waals surface area contributed by atoms with Gasteiger partial charge in [0.05, 0.1) is 20.8 Å². The number of aliphatic hydroxyl groups is 1. The molecule has 0 amide bonds. The van der Waals surface area contributed by atoms with Gasteiger partial charge in [-0.3, -0.25) is 4.79 Å². The van der Waals surface area contributed by atoms with E-state index in [1.54, 1.807) is 25.1 Å². The second-order valence-corrected chi connectivity index (χ2v) is 3.87. The van der Waals surface area contributed by atoms with Crippen molar-refractivity contribution in [2.45, 2.75) is 19.1 Å². The van der Waals surface area contributed by atoms with Crippen molar-refractivity contribution < 1.29 is 24.1 Å². The van der Waals surface area contributed by atoms with Crippen LogP contribution in [0.2, 0.25) is 0 Å². The van der Waals surface area contributed by atoms with Crippen LogP contribution in [0.3, 0.4) is 0 Å². The average Bonchev–Trinajstić information content (AvgIpc) is 2.45. The summed E-state index contributed by atoms with van der Waals surface area (Å²) in [4.78, 5) is 11.5. The predicted octanol–water partition coefficient (Wildman–Crippen LogP) is 0.628. The van der Waals surface area contributed by atoms with Crippen molar-refractivity contribution in [1.82, 2.24) is 0 Å². The zero-order chi connectivity index (χ0) is 14.4. The molecular formula is C13H19NO5. The Hall–Kier alpha value is -1.79. The number of ether oxygens (including phenoxy) is 3. The Bertz CT molecular complexity index is 413. The van der Waals surface area contributed by atoms with Gasteiger partial charge in [0.15, 0.2) is 0 Å². The molecular weight excluding hydrogens is 250 g/mol. The molecule has 0 aliphatic carbocycles. The van der Waals surface area contributed by atoms with Gasteiger partial charge in [-0.05, 0) is 24.6 Å². The van der Waals surface area contributed by atoms with Crippen LogP contribution in [-0.4, -0.2) is 37.9 Å². The first kappa shape index (κ1) is 15.3. The molecule has 1 aromatic carbocycles. The first-order valence-electron chi connectivity index (χ1n) is 5.86. The molecule has 19 heavy (non-hydrogen) atoms. The van der Waals surface area contributed by atoms with Gasteiger partial charge in [0, 0.05) is 6.07 Å². The average molecular weight is 269 g/mol. The van der Waals surface area contributed by atoms with Crippen LogP contribution in [0.15, 0.2) is 18.2 Å². The van der Waals surface area contributed by atoms with Gasteiger partial charge < -0.3 is 25.1 Å². The molecule has 0 aromatic heterocycles. The van der Waals surface area contributed by atoms with E-state index in [9.17, 15) is 9.90 Å². The molecule has 0 aliphatic heterocycles. The summed E-state index contributed by atoms with van der Waals surface area (Å²) in [5.74, 6) is 0.353. The lowest BCUT2D eigenvalue weighted by molar-refractivity contribution is -0.147. The minimum Gasteiger partial charge on any atom is -0.497 e. The quantitative estimate of drug-likeness (QED) is 0.736. The summed E-state index contributed by atoms with van der Waals surface area (Å²) in [5, 5.41) is 10.1. The summed E-state index contributed by atoms with van der Waals surface area (Å²) in [6, 6.07) is 3.68. The number of benzene rings is 1. The molecule has 0 aliphatic rings. The molecule has 0 heterocycles. The molecule has 0 saturated carbocycles. The number of hydrogen-bond donors (Lipinski definition) is 2. The molecule has 6 nitrogen and oxygen atoms in total. The lowest BCUT2D eigenvalue weighted by Crippen LogP contribution is -2.38. The Labute approximate surface area is 112 Å². The molecule has 0 spiro atoms. The second kappa shape index (κ2) is 6.96. The van der Waals surface area contributed by atoms with Crippen molar-refractivity contribution in [1.29, 1.82) is 0 Å². The summed E-state index contributed by atoms with van der Waals surface area (Å²) in [5.41, 5.74) is 6.08. The van der Waals surface area contributed by atoms with Crippen molar-refractivity contribution >= 4 is 5.97 Å². The number of methoxy groups -OCH3 is 2. The Kier molecular flexibility index (Phi) is 5.59. The van der Waals surface area contributed by atoms with Gasteiger partial charge in [0.25, 0.3) is 0 Å². The first-order chi connectivity index (χ1) is 9.03. The fraction of sp³-hybridized carbons (Fsp3) is 0.462. The number of rotatable bonds is 6. The van der Waals surface area contributed by atoms with Gasteiger partial charge >= 0.3 is 5.97 Å². The highest BCUT2D eigenvalue weighted by Gasteiger charge is 2.26. The number of carbonyl (C=O) groups excluding carboxylic acids is 1. The highest BCUT2D eigenvalue weighted by molar-refractivity contribution is 5.76. The van der Waals surface area contributed by atoms with Crippen molar-refractivity contribution in [3.8, 4) is 11.5 Å². The maximum atomic E-state index is 11.5. The second-order valence-electron chi connectivity index (χ2n) is 3.87. The minimum atomic E-state index is -1.19. The smallest absolute Gasteiger partial charge is 0.325 e. The van der Waals surface area contributed by atoms with Gasteiger partial charge in [0.2, 0.25) is 0 Å². The zero-order valence-electron chi connectivity index (χ0n) is 11.3. The van der Waals surface area contributed by atoms with Crippen LogP contribution in [0.4, 0.5) is 0 Å². The van der Waals surface area contributed by atoms with E-state index in [0.717, 1.165) is 0 Å². The number of esters is 1. The third kappa shape index (κ3) is 3.84. The highest BCUT2D eigenvalue weighted by Crippen LogP contribution is 2.27. The molecule has 6 heteroatoms. The van der Waals surface area contributed by atoms with E-state index in [1.807, 2.05) is 0 Å². The largest absolute Gasteiger partial charge is 0.497 e. The lowest BCUT2D eigenvalue weighted by Gasteiger charge is -2.19. The Morgan fingerprint density at radius 3 is 2.21 bits per heavy atom.